The van der Waals surface area contributed by atoms with Gasteiger partial charge in [0.05, 0.1) is 26.0 Å². The van der Waals surface area contributed by atoms with E-state index in [2.05, 4.69) is 17.3 Å². The molecule has 0 saturated carbocycles. The molecule has 5 heteroatoms. The molecule has 0 aromatic carbocycles. The molecule has 0 radical (unpaired) electrons. The van der Waals surface area contributed by atoms with Crippen molar-refractivity contribution in [3.05, 3.63) is 17.5 Å². The second-order valence-electron chi connectivity index (χ2n) is 5.17. The van der Waals surface area contributed by atoms with E-state index < -0.39 is 0 Å². The smallest absolute Gasteiger partial charge is 0.0644 e. The number of hydrogen-bond acceptors (Lipinski definition) is 4. The zero-order chi connectivity index (χ0) is 13.7. The van der Waals surface area contributed by atoms with Crippen molar-refractivity contribution in [2.45, 2.75) is 51.7 Å². The summed E-state index contributed by atoms with van der Waals surface area (Å²) in [6, 6.07) is 0.712. The third-order valence-electron chi connectivity index (χ3n) is 3.63. The number of nitrogens with one attached hydrogen (secondary N) is 1. The van der Waals surface area contributed by atoms with E-state index in [-0.39, 0.29) is 6.61 Å². The highest BCUT2D eigenvalue weighted by Gasteiger charge is 2.24. The Balaban J connectivity index is 2.01. The average Bonchev–Trinajstić information content (AvgIpc) is 2.81. The number of nitrogens with zero attached hydrogens (tertiary/aromatic N) is 2. The predicted octanol–water partition coefficient (Wildman–Crippen LogP) is 1.27. The van der Waals surface area contributed by atoms with Gasteiger partial charge < -0.3 is 15.2 Å². The number of aliphatic hydroxyl groups is 1. The maximum Gasteiger partial charge on any atom is 0.0644 e. The molecule has 2 unspecified atom stereocenters. The highest BCUT2D eigenvalue weighted by atomic mass is 16.5. The van der Waals surface area contributed by atoms with Gasteiger partial charge in [0.25, 0.3) is 0 Å². The topological polar surface area (TPSA) is 59.3 Å². The van der Waals surface area contributed by atoms with E-state index in [1.807, 2.05) is 17.8 Å². The molecule has 5 nitrogen and oxygen atoms in total. The minimum Gasteiger partial charge on any atom is -0.394 e. The Labute approximate surface area is 115 Å². The van der Waals surface area contributed by atoms with E-state index in [9.17, 15) is 0 Å². The number of rotatable bonds is 7. The third kappa shape index (κ3) is 3.55. The van der Waals surface area contributed by atoms with Crippen LogP contribution in [0.1, 0.15) is 44.0 Å². The molecule has 0 spiro atoms. The number of hydrogen-bond donors (Lipinski definition) is 2. The first-order valence-corrected chi connectivity index (χ1v) is 7.25. The van der Waals surface area contributed by atoms with Crippen LogP contribution in [0.25, 0.3) is 0 Å². The van der Waals surface area contributed by atoms with E-state index in [1.165, 1.54) is 17.7 Å². The van der Waals surface area contributed by atoms with Crippen LogP contribution in [-0.4, -0.2) is 40.7 Å². The van der Waals surface area contributed by atoms with Gasteiger partial charge >= 0.3 is 0 Å². The summed E-state index contributed by atoms with van der Waals surface area (Å²) < 4.78 is 7.39. The van der Waals surface area contributed by atoms with Gasteiger partial charge in [-0.1, -0.05) is 0 Å². The molecule has 1 aromatic rings. The minimum absolute atomic E-state index is 0.146. The van der Waals surface area contributed by atoms with Gasteiger partial charge in [0.15, 0.2) is 0 Å². The first-order chi connectivity index (χ1) is 9.26. The Bertz CT molecular complexity index is 392. The molecular formula is C14H25N3O2. The Morgan fingerprint density at radius 2 is 2.47 bits per heavy atom. The fraction of sp³-hybridized carbons (Fsp3) is 0.786. The van der Waals surface area contributed by atoms with Crippen molar-refractivity contribution in [3.63, 3.8) is 0 Å². The van der Waals surface area contributed by atoms with E-state index in [0.29, 0.717) is 18.6 Å². The van der Waals surface area contributed by atoms with Crippen molar-refractivity contribution in [1.29, 1.82) is 0 Å². The Kier molecular flexibility index (Phi) is 5.36. The van der Waals surface area contributed by atoms with Crippen molar-refractivity contribution in [1.82, 2.24) is 15.1 Å². The zero-order valence-corrected chi connectivity index (χ0v) is 11.9. The van der Waals surface area contributed by atoms with Gasteiger partial charge in [-0.25, -0.2) is 0 Å². The lowest BCUT2D eigenvalue weighted by molar-refractivity contribution is 0.122. The molecule has 0 saturated heterocycles. The van der Waals surface area contributed by atoms with Crippen molar-refractivity contribution >= 4 is 0 Å². The molecule has 1 aliphatic carbocycles. The van der Waals surface area contributed by atoms with Gasteiger partial charge in [-0.2, -0.15) is 5.10 Å². The van der Waals surface area contributed by atoms with E-state index >= 15 is 0 Å². The largest absolute Gasteiger partial charge is 0.394 e. The van der Waals surface area contributed by atoms with E-state index in [1.54, 1.807) is 0 Å². The van der Waals surface area contributed by atoms with Crippen LogP contribution in [0.15, 0.2) is 6.20 Å². The van der Waals surface area contributed by atoms with Gasteiger partial charge in [0, 0.05) is 29.9 Å². The summed E-state index contributed by atoms with van der Waals surface area (Å²) in [6.45, 7) is 6.42. The van der Waals surface area contributed by atoms with Crippen molar-refractivity contribution in [2.24, 2.45) is 0 Å². The van der Waals surface area contributed by atoms with Gasteiger partial charge in [-0.05, 0) is 33.1 Å². The molecule has 2 rings (SSSR count). The molecular weight excluding hydrogens is 242 g/mol. The molecule has 0 amide bonds. The predicted molar refractivity (Wildman–Crippen MR) is 74.1 cm³/mol. The molecule has 1 aliphatic rings. The molecule has 1 heterocycles. The maximum atomic E-state index is 9.06. The fourth-order valence-electron chi connectivity index (χ4n) is 2.77. The van der Waals surface area contributed by atoms with Crippen molar-refractivity contribution in [3.8, 4) is 0 Å². The summed E-state index contributed by atoms with van der Waals surface area (Å²) >= 11 is 0. The standard InChI is InChI=1S/C14H25N3O2/c1-3-19-10-11(2)16-13-5-4-6-14-12(13)9-15-17(14)7-8-18/h9,11,13,16,18H,3-8,10H2,1-2H3. The lowest BCUT2D eigenvalue weighted by Gasteiger charge is -2.27. The van der Waals surface area contributed by atoms with E-state index in [4.69, 9.17) is 9.84 Å². The first-order valence-electron chi connectivity index (χ1n) is 7.25. The highest BCUT2D eigenvalue weighted by Crippen LogP contribution is 2.29. The molecule has 1 aromatic heterocycles. The second-order valence-corrected chi connectivity index (χ2v) is 5.17. The first kappa shape index (κ1) is 14.5. The summed E-state index contributed by atoms with van der Waals surface area (Å²) in [5.41, 5.74) is 2.57. The Hall–Kier alpha value is -0.910. The van der Waals surface area contributed by atoms with Crippen LogP contribution in [0.3, 0.4) is 0 Å². The SMILES string of the molecule is CCOCC(C)NC1CCCc2c1cnn2CCO. The van der Waals surface area contributed by atoms with Crippen molar-refractivity contribution < 1.29 is 9.84 Å². The molecule has 0 fully saturated rings. The minimum atomic E-state index is 0.146. The summed E-state index contributed by atoms with van der Waals surface area (Å²) in [5.74, 6) is 0. The van der Waals surface area contributed by atoms with Crippen LogP contribution in [0, 0.1) is 0 Å². The average molecular weight is 267 g/mol. The normalized spacial score (nSPS) is 20.3. The number of aliphatic hydroxyl groups excluding tert-OH is 1. The third-order valence-corrected chi connectivity index (χ3v) is 3.63. The van der Waals surface area contributed by atoms with Gasteiger partial charge in [-0.15, -0.1) is 0 Å². The molecule has 2 atom stereocenters. The highest BCUT2D eigenvalue weighted by molar-refractivity contribution is 5.25. The summed E-state index contributed by atoms with van der Waals surface area (Å²) in [4.78, 5) is 0. The van der Waals surface area contributed by atoms with Crippen LogP contribution in [0.5, 0.6) is 0 Å². The summed E-state index contributed by atoms with van der Waals surface area (Å²) in [7, 11) is 0. The van der Waals surface area contributed by atoms with E-state index in [0.717, 1.165) is 26.1 Å². The monoisotopic (exact) mass is 267 g/mol. The number of ether oxygens (including phenoxy) is 1. The fourth-order valence-corrected chi connectivity index (χ4v) is 2.77. The molecule has 0 bridgehead atoms. The molecule has 2 N–H and O–H groups in total. The lowest BCUT2D eigenvalue weighted by atomic mass is 9.92. The van der Waals surface area contributed by atoms with Crippen LogP contribution in [0.2, 0.25) is 0 Å². The zero-order valence-electron chi connectivity index (χ0n) is 11.9. The molecule has 19 heavy (non-hydrogen) atoms. The summed E-state index contributed by atoms with van der Waals surface area (Å²) in [6.07, 6.45) is 5.33. The van der Waals surface area contributed by atoms with Gasteiger partial charge in [-0.3, -0.25) is 4.68 Å². The van der Waals surface area contributed by atoms with Crippen molar-refractivity contribution in [2.75, 3.05) is 19.8 Å². The van der Waals surface area contributed by atoms with Gasteiger partial charge in [0.2, 0.25) is 0 Å². The lowest BCUT2D eigenvalue weighted by Crippen LogP contribution is -2.35. The number of fused-ring (bicyclic) bond motifs is 1. The quantitative estimate of drug-likeness (QED) is 0.781. The molecule has 0 aliphatic heterocycles. The van der Waals surface area contributed by atoms with Crippen LogP contribution < -0.4 is 5.32 Å². The van der Waals surface area contributed by atoms with Crippen LogP contribution in [-0.2, 0) is 17.7 Å². The van der Waals surface area contributed by atoms with Crippen LogP contribution in [0.4, 0.5) is 0 Å². The summed E-state index contributed by atoms with van der Waals surface area (Å²) in [5, 5.41) is 17.1. The maximum absolute atomic E-state index is 9.06. The number of aromatic nitrogens is 2. The second kappa shape index (κ2) is 7.03. The Morgan fingerprint density at radius 3 is 3.21 bits per heavy atom. The molecule has 108 valence electrons. The van der Waals surface area contributed by atoms with Gasteiger partial charge in [0.1, 0.15) is 0 Å². The Morgan fingerprint density at radius 1 is 1.63 bits per heavy atom. The van der Waals surface area contributed by atoms with Crippen LogP contribution >= 0.6 is 0 Å².